The molecule has 0 spiro atoms. The number of likely N-dealkylation sites (N-methyl/N-ethyl adjacent to an activating group) is 1. The van der Waals surface area contributed by atoms with Crippen molar-refractivity contribution >= 4 is 5.97 Å². The van der Waals surface area contributed by atoms with E-state index >= 15 is 0 Å². The van der Waals surface area contributed by atoms with Crippen LogP contribution in [0.1, 0.15) is 108 Å². The van der Waals surface area contributed by atoms with Crippen LogP contribution in [-0.2, 0) is 33.2 Å². The predicted octanol–water partition coefficient (Wildman–Crippen LogP) is 2.68. The third-order valence-corrected chi connectivity index (χ3v) is 12.6. The summed E-state index contributed by atoms with van der Waals surface area (Å²) in [5.74, 6) is -2.87. The zero-order valence-electron chi connectivity index (χ0n) is 35.6. The van der Waals surface area contributed by atoms with Gasteiger partial charge in [-0.15, -0.1) is 0 Å². The molecule has 3 fully saturated rings. The van der Waals surface area contributed by atoms with E-state index in [-0.39, 0.29) is 37.5 Å². The Bertz CT molecular complexity index is 1180. The van der Waals surface area contributed by atoms with E-state index in [1.807, 2.05) is 46.7 Å². The summed E-state index contributed by atoms with van der Waals surface area (Å²) in [6.07, 6.45) is -7.37. The minimum atomic E-state index is -1.78. The molecule has 0 radical (unpaired) electrons. The van der Waals surface area contributed by atoms with Crippen molar-refractivity contribution in [2.75, 3.05) is 34.3 Å². The number of carbonyl (C=O) groups excluding carboxylic acids is 1. The largest absolute Gasteiger partial charge is 0.459 e. The maximum Gasteiger partial charge on any atom is 0.311 e. The van der Waals surface area contributed by atoms with Gasteiger partial charge in [0.25, 0.3) is 0 Å². The molecule has 5 N–H and O–H groups in total. The summed E-state index contributed by atoms with van der Waals surface area (Å²) in [6, 6.07) is -0.500. The Hall–Kier alpha value is -1.01. The molecule has 3 saturated heterocycles. The van der Waals surface area contributed by atoms with Gasteiger partial charge in [0.1, 0.15) is 23.9 Å². The van der Waals surface area contributed by atoms with E-state index in [4.69, 9.17) is 28.4 Å². The smallest absolute Gasteiger partial charge is 0.311 e. The van der Waals surface area contributed by atoms with Crippen molar-refractivity contribution in [1.82, 2.24) is 9.80 Å². The number of carbonyl (C=O) groups is 1. The fraction of sp³-hybridized carbons (Fsp3) is 0.975. The predicted molar refractivity (Wildman–Crippen MR) is 203 cm³/mol. The van der Waals surface area contributed by atoms with Crippen LogP contribution in [0.4, 0.5) is 0 Å². The van der Waals surface area contributed by atoms with Crippen molar-refractivity contribution in [1.29, 1.82) is 0 Å². The first-order valence-electron chi connectivity index (χ1n) is 20.2. The van der Waals surface area contributed by atoms with E-state index < -0.39 is 95.8 Å². The van der Waals surface area contributed by atoms with E-state index in [2.05, 4.69) is 11.8 Å². The molecule has 3 heterocycles. The Morgan fingerprint density at radius 2 is 1.56 bits per heavy atom. The Labute approximate surface area is 324 Å². The van der Waals surface area contributed by atoms with Gasteiger partial charge in [-0.3, -0.25) is 4.79 Å². The van der Waals surface area contributed by atoms with Crippen molar-refractivity contribution in [2.45, 2.75) is 199 Å². The molecule has 0 bridgehead atoms. The van der Waals surface area contributed by atoms with E-state index in [1.165, 1.54) is 14.0 Å². The number of nitrogens with zero attached hydrogens (tertiary/aromatic N) is 2. The summed E-state index contributed by atoms with van der Waals surface area (Å²) in [5, 5.41) is 58.7. The third-order valence-electron chi connectivity index (χ3n) is 12.6. The Kier molecular flexibility index (Phi) is 16.8. The normalized spacial score (nSPS) is 48.2. The van der Waals surface area contributed by atoms with E-state index in [9.17, 15) is 30.3 Å². The lowest BCUT2D eigenvalue weighted by Crippen LogP contribution is -2.61. The second-order valence-corrected chi connectivity index (χ2v) is 17.7. The molecular formula is C40H76N2O12. The number of hydrogen-bond acceptors (Lipinski definition) is 14. The molecule has 54 heavy (non-hydrogen) atoms. The lowest BCUT2D eigenvalue weighted by atomic mass is 9.78. The monoisotopic (exact) mass is 777 g/mol. The van der Waals surface area contributed by atoms with E-state index in [0.717, 1.165) is 6.42 Å². The van der Waals surface area contributed by atoms with Gasteiger partial charge in [0.15, 0.2) is 12.6 Å². The molecular weight excluding hydrogens is 700 g/mol. The van der Waals surface area contributed by atoms with Crippen molar-refractivity contribution < 1.29 is 58.7 Å². The zero-order valence-corrected chi connectivity index (χ0v) is 35.6. The number of cyclic esters (lactones) is 1. The number of ether oxygens (including phenoxy) is 6. The highest BCUT2D eigenvalue weighted by molar-refractivity contribution is 5.73. The van der Waals surface area contributed by atoms with Crippen LogP contribution in [0.2, 0.25) is 0 Å². The number of hydrogen-bond donors (Lipinski definition) is 5. The van der Waals surface area contributed by atoms with Crippen molar-refractivity contribution in [3.05, 3.63) is 0 Å². The molecule has 14 heteroatoms. The van der Waals surface area contributed by atoms with Gasteiger partial charge < -0.3 is 63.8 Å². The SMILES string of the molecule is CCCN1C[C@H](C)[C@@H](O)[C@@](C)(O)[C@@H](CC)OC(=O)[C@H](C)[C@@H](O[C@H]2C[C@@](C)(OC)[C@@H](O)[C@H](C)O2)[C@H](C)[C@@H](O[C@@H]2O[C@H](C)C[C@H](N(C)C)[C@H]2O)[C@@](C)(O)C[C@H]1C. The number of rotatable bonds is 9. The average molecular weight is 777 g/mol. The molecule has 3 aliphatic rings. The highest BCUT2D eigenvalue weighted by Crippen LogP contribution is 2.40. The molecule has 0 aromatic carbocycles. The van der Waals surface area contributed by atoms with Crippen LogP contribution in [0.15, 0.2) is 0 Å². The molecule has 3 rings (SSSR count). The zero-order chi connectivity index (χ0) is 41.1. The molecule has 0 saturated carbocycles. The molecule has 14 nitrogen and oxygen atoms in total. The number of esters is 1. The summed E-state index contributed by atoms with van der Waals surface area (Å²) in [4.78, 5) is 18.4. The molecule has 318 valence electrons. The van der Waals surface area contributed by atoms with Gasteiger partial charge >= 0.3 is 5.97 Å². The van der Waals surface area contributed by atoms with Gasteiger partial charge in [-0.05, 0) is 101 Å². The molecule has 0 aliphatic carbocycles. The fourth-order valence-corrected chi connectivity index (χ4v) is 9.13. The first-order chi connectivity index (χ1) is 24.9. The quantitative estimate of drug-likeness (QED) is 0.216. The van der Waals surface area contributed by atoms with Gasteiger partial charge in [0.05, 0.1) is 47.6 Å². The van der Waals surface area contributed by atoms with Crippen molar-refractivity contribution in [2.24, 2.45) is 17.8 Å². The second-order valence-electron chi connectivity index (χ2n) is 17.7. The van der Waals surface area contributed by atoms with Crippen LogP contribution in [0.25, 0.3) is 0 Å². The lowest BCUT2D eigenvalue weighted by Gasteiger charge is -2.49. The van der Waals surface area contributed by atoms with Crippen molar-refractivity contribution in [3.63, 3.8) is 0 Å². The van der Waals surface area contributed by atoms with Crippen molar-refractivity contribution in [3.8, 4) is 0 Å². The number of aliphatic hydroxyl groups excluding tert-OH is 3. The van der Waals surface area contributed by atoms with Crippen LogP contribution in [-0.4, -0.2) is 166 Å². The summed E-state index contributed by atoms with van der Waals surface area (Å²) in [5.41, 5.74) is -4.38. The summed E-state index contributed by atoms with van der Waals surface area (Å²) < 4.78 is 37.8. The minimum Gasteiger partial charge on any atom is -0.459 e. The number of methoxy groups -OCH3 is 1. The summed E-state index contributed by atoms with van der Waals surface area (Å²) >= 11 is 0. The van der Waals surface area contributed by atoms with Gasteiger partial charge in [0, 0.05) is 38.1 Å². The minimum absolute atomic E-state index is 0.133. The first kappa shape index (κ1) is 47.4. The maximum atomic E-state index is 14.3. The Morgan fingerprint density at radius 1 is 0.926 bits per heavy atom. The molecule has 0 amide bonds. The first-order valence-corrected chi connectivity index (χ1v) is 20.2. The topological polar surface area (TPSA) is 180 Å². The summed E-state index contributed by atoms with van der Waals surface area (Å²) in [7, 11) is 5.29. The molecule has 0 unspecified atom stereocenters. The average Bonchev–Trinajstić information content (AvgIpc) is 3.09. The molecule has 0 aromatic heterocycles. The molecule has 0 aromatic rings. The van der Waals surface area contributed by atoms with Crippen LogP contribution in [0.5, 0.6) is 0 Å². The second kappa shape index (κ2) is 19.2. The van der Waals surface area contributed by atoms with E-state index in [1.54, 1.807) is 34.6 Å². The maximum absolute atomic E-state index is 14.3. The fourth-order valence-electron chi connectivity index (χ4n) is 9.13. The van der Waals surface area contributed by atoms with Gasteiger partial charge in [0.2, 0.25) is 0 Å². The van der Waals surface area contributed by atoms with Crippen LogP contribution < -0.4 is 0 Å². The number of aliphatic hydroxyl groups is 5. The van der Waals surface area contributed by atoms with Crippen LogP contribution >= 0.6 is 0 Å². The third kappa shape index (κ3) is 10.7. The van der Waals surface area contributed by atoms with Crippen LogP contribution in [0, 0.1) is 17.8 Å². The van der Waals surface area contributed by atoms with Crippen LogP contribution in [0.3, 0.4) is 0 Å². The standard InChI is InChI=1S/C40H76N2O12/c1-15-17-42-21-22(3)33(44)40(11,48)29(16-2)52-36(46)26(7)32(53-30-20-39(10,49-14)34(45)27(8)51-30)25(6)35(38(9,47)19-23(42)4)54-37-31(43)28(41(12)13)18-24(5)50-37/h22-35,37,43-45,47-48H,15-21H2,1-14H3/t22-,23+,24+,25-,26+,27-,28-,29+,30-,31+,32-,33+,34-,35+,37-,38-,39+,40-/m0/s1. The Balaban J connectivity index is 2.22. The van der Waals surface area contributed by atoms with Gasteiger partial charge in [-0.25, -0.2) is 0 Å². The summed E-state index contributed by atoms with van der Waals surface area (Å²) in [6.45, 7) is 20.9. The molecule has 18 atom stereocenters. The highest BCUT2D eigenvalue weighted by Gasteiger charge is 2.52. The van der Waals surface area contributed by atoms with E-state index in [0.29, 0.717) is 19.5 Å². The van der Waals surface area contributed by atoms with Gasteiger partial charge in [-0.2, -0.15) is 0 Å². The van der Waals surface area contributed by atoms with Gasteiger partial charge in [-0.1, -0.05) is 27.7 Å². The highest BCUT2D eigenvalue weighted by atomic mass is 16.7. The molecule has 3 aliphatic heterocycles. The lowest BCUT2D eigenvalue weighted by molar-refractivity contribution is -0.318. The Morgan fingerprint density at radius 3 is 2.11 bits per heavy atom.